The Morgan fingerprint density at radius 1 is 0.900 bits per heavy atom. The number of ether oxygens (including phenoxy) is 2. The molecule has 2 aromatic rings. The van der Waals surface area contributed by atoms with Gasteiger partial charge in [0.25, 0.3) is 0 Å². The quantitative estimate of drug-likeness (QED) is 0.571. The van der Waals surface area contributed by atoms with Crippen molar-refractivity contribution >= 4 is 0 Å². The Morgan fingerprint density at radius 2 is 1.50 bits per heavy atom. The fourth-order valence-electron chi connectivity index (χ4n) is 3.97. The van der Waals surface area contributed by atoms with E-state index in [2.05, 4.69) is 5.32 Å². The molecule has 8 heteroatoms. The number of aromatic hydroxyl groups is 1. The van der Waals surface area contributed by atoms with Gasteiger partial charge in [-0.1, -0.05) is 0 Å². The van der Waals surface area contributed by atoms with Crippen molar-refractivity contribution < 1.29 is 33.6 Å². The van der Waals surface area contributed by atoms with E-state index in [9.17, 15) is 24.1 Å². The highest BCUT2D eigenvalue weighted by atomic mass is 19.1. The van der Waals surface area contributed by atoms with E-state index in [4.69, 9.17) is 9.47 Å². The Balaban J connectivity index is 1.25. The largest absolute Gasteiger partial charge is 0.505 e. The molecule has 0 amide bonds. The molecule has 2 aromatic carbocycles. The lowest BCUT2D eigenvalue weighted by molar-refractivity contribution is 0.00883. The number of hydrogen-bond donors (Lipinski definition) is 4. The molecule has 2 aliphatic heterocycles. The van der Waals surface area contributed by atoms with Gasteiger partial charge in [-0.05, 0) is 61.1 Å². The molecule has 162 valence electrons. The highest BCUT2D eigenvalue weighted by molar-refractivity contribution is 5.42. The number of phenolic OH excluding ortho intramolecular Hbond substituents is 1. The van der Waals surface area contributed by atoms with Crippen molar-refractivity contribution in [3.8, 4) is 17.2 Å². The maximum Gasteiger partial charge on any atom is 0.168 e. The van der Waals surface area contributed by atoms with E-state index in [1.165, 1.54) is 18.2 Å². The lowest BCUT2D eigenvalue weighted by Gasteiger charge is -2.31. The predicted octanol–water partition coefficient (Wildman–Crippen LogP) is 2.07. The first kappa shape index (κ1) is 20.8. The molecular weight excluding hydrogens is 396 g/mol. The Labute approximate surface area is 173 Å². The summed E-state index contributed by atoms with van der Waals surface area (Å²) in [7, 11) is 0. The summed E-state index contributed by atoms with van der Waals surface area (Å²) < 4.78 is 38.3. The van der Waals surface area contributed by atoms with Gasteiger partial charge in [0.2, 0.25) is 0 Å². The summed E-state index contributed by atoms with van der Waals surface area (Å²) in [4.78, 5) is 0. The number of fused-ring (bicyclic) bond motifs is 2. The monoisotopic (exact) mass is 421 g/mol. The number of halogens is 2. The molecule has 0 saturated heterocycles. The van der Waals surface area contributed by atoms with Crippen LogP contribution in [0.1, 0.15) is 24.0 Å². The second-order valence-corrected chi connectivity index (χ2v) is 7.85. The number of aliphatic hydroxyl groups is 2. The third-order valence-electron chi connectivity index (χ3n) is 5.67. The summed E-state index contributed by atoms with van der Waals surface area (Å²) in [5.74, 6) is -0.573. The van der Waals surface area contributed by atoms with Crippen LogP contribution in [0.25, 0.3) is 0 Å². The van der Waals surface area contributed by atoms with Gasteiger partial charge in [-0.3, -0.25) is 0 Å². The lowest BCUT2D eigenvalue weighted by Crippen LogP contribution is -2.46. The van der Waals surface area contributed by atoms with Crippen LogP contribution in [0.5, 0.6) is 17.2 Å². The zero-order valence-corrected chi connectivity index (χ0v) is 16.4. The second-order valence-electron chi connectivity index (χ2n) is 7.85. The molecule has 6 nitrogen and oxygen atoms in total. The van der Waals surface area contributed by atoms with Gasteiger partial charge in [0.05, 0.1) is 0 Å². The highest BCUT2D eigenvalue weighted by Gasteiger charge is 2.29. The first-order chi connectivity index (χ1) is 14.4. The molecule has 2 aliphatic rings. The van der Waals surface area contributed by atoms with Crippen LogP contribution in [0.2, 0.25) is 0 Å². The Hall–Kier alpha value is -2.42. The van der Waals surface area contributed by atoms with Crippen molar-refractivity contribution in [3.63, 3.8) is 0 Å². The van der Waals surface area contributed by atoms with E-state index in [0.29, 0.717) is 42.7 Å². The first-order valence-electron chi connectivity index (χ1n) is 10.1. The molecule has 4 atom stereocenters. The molecule has 0 radical (unpaired) electrons. The zero-order chi connectivity index (χ0) is 21.3. The SMILES string of the molecule is Oc1cc2c(cc1F)O[C@@H]([C@@H](O)CNC[C@H](O)[C@@H]1CCc3cc(F)ccc3O1)CC2. The molecule has 0 unspecified atom stereocenters. The van der Waals surface area contributed by atoms with Crippen molar-refractivity contribution in [1.29, 1.82) is 0 Å². The van der Waals surface area contributed by atoms with Crippen LogP contribution < -0.4 is 14.8 Å². The van der Waals surface area contributed by atoms with Gasteiger partial charge in [0.15, 0.2) is 11.6 Å². The second kappa shape index (κ2) is 8.75. The van der Waals surface area contributed by atoms with Crippen LogP contribution in [0.3, 0.4) is 0 Å². The van der Waals surface area contributed by atoms with Crippen molar-refractivity contribution in [2.45, 2.75) is 50.1 Å². The third-order valence-corrected chi connectivity index (χ3v) is 5.67. The highest BCUT2D eigenvalue weighted by Crippen LogP contribution is 2.33. The number of benzene rings is 2. The summed E-state index contributed by atoms with van der Waals surface area (Å²) in [5.41, 5.74) is 1.50. The van der Waals surface area contributed by atoms with E-state index < -0.39 is 36.0 Å². The van der Waals surface area contributed by atoms with Crippen molar-refractivity contribution in [3.05, 3.63) is 53.1 Å². The zero-order valence-electron chi connectivity index (χ0n) is 16.4. The smallest absolute Gasteiger partial charge is 0.168 e. The summed E-state index contributed by atoms with van der Waals surface area (Å²) >= 11 is 0. The maximum absolute atomic E-state index is 13.6. The summed E-state index contributed by atoms with van der Waals surface area (Å²) in [6.45, 7) is 0.399. The molecule has 0 fully saturated rings. The number of phenols is 1. The van der Waals surface area contributed by atoms with Gasteiger partial charge < -0.3 is 30.1 Å². The Morgan fingerprint density at radius 3 is 2.17 bits per heavy atom. The van der Waals surface area contributed by atoms with Crippen LogP contribution >= 0.6 is 0 Å². The van der Waals surface area contributed by atoms with E-state index in [-0.39, 0.29) is 18.9 Å². The van der Waals surface area contributed by atoms with Gasteiger partial charge >= 0.3 is 0 Å². The molecule has 0 aromatic heterocycles. The average molecular weight is 421 g/mol. The van der Waals surface area contributed by atoms with Crippen molar-refractivity contribution in [2.75, 3.05) is 13.1 Å². The number of aliphatic hydroxyl groups excluding tert-OH is 2. The Kier molecular flexibility index (Phi) is 6.08. The molecule has 4 N–H and O–H groups in total. The molecule has 30 heavy (non-hydrogen) atoms. The summed E-state index contributed by atoms with van der Waals surface area (Å²) in [6, 6.07) is 6.82. The van der Waals surface area contributed by atoms with Crippen LogP contribution in [-0.4, -0.2) is 52.8 Å². The minimum atomic E-state index is -0.849. The van der Waals surface area contributed by atoms with Crippen LogP contribution in [0, 0.1) is 11.6 Å². The lowest BCUT2D eigenvalue weighted by atomic mass is 9.98. The molecule has 0 bridgehead atoms. The number of hydrogen-bond acceptors (Lipinski definition) is 6. The van der Waals surface area contributed by atoms with Gasteiger partial charge in [0, 0.05) is 19.2 Å². The third kappa shape index (κ3) is 4.50. The summed E-state index contributed by atoms with van der Waals surface area (Å²) in [6.07, 6.45) is -0.285. The van der Waals surface area contributed by atoms with E-state index in [0.717, 1.165) is 11.6 Å². The van der Waals surface area contributed by atoms with E-state index in [1.807, 2.05) is 0 Å². The number of aryl methyl sites for hydroxylation is 2. The Bertz CT molecular complexity index is 909. The maximum atomic E-state index is 13.6. The average Bonchev–Trinajstić information content (AvgIpc) is 2.73. The minimum Gasteiger partial charge on any atom is -0.505 e. The van der Waals surface area contributed by atoms with Gasteiger partial charge in [-0.2, -0.15) is 0 Å². The standard InChI is InChI=1S/C22H25F2NO5/c23-14-3-6-19-12(7-14)1-4-20(29-19)17(27)10-25-11-18(28)21-5-2-13-8-16(26)15(24)9-22(13)30-21/h3,6-9,17-18,20-21,25-28H,1-2,4-5,10-11H2/t17-,18-,20-,21+/m0/s1. The van der Waals surface area contributed by atoms with Gasteiger partial charge in [-0.25, -0.2) is 8.78 Å². The fourth-order valence-corrected chi connectivity index (χ4v) is 3.97. The fraction of sp³-hybridized carbons (Fsp3) is 0.455. The molecule has 0 saturated carbocycles. The van der Waals surface area contributed by atoms with Crippen molar-refractivity contribution in [1.82, 2.24) is 5.32 Å². The van der Waals surface area contributed by atoms with Gasteiger partial charge in [-0.15, -0.1) is 0 Å². The van der Waals surface area contributed by atoms with E-state index >= 15 is 0 Å². The topological polar surface area (TPSA) is 91.2 Å². The first-order valence-corrected chi connectivity index (χ1v) is 10.1. The normalized spacial score (nSPS) is 22.3. The molecule has 4 rings (SSSR count). The minimum absolute atomic E-state index is 0.187. The van der Waals surface area contributed by atoms with Crippen LogP contribution in [0.4, 0.5) is 8.78 Å². The molecule has 2 heterocycles. The summed E-state index contributed by atoms with van der Waals surface area (Å²) in [5, 5.41) is 33.3. The van der Waals surface area contributed by atoms with E-state index in [1.54, 1.807) is 6.07 Å². The predicted molar refractivity (Wildman–Crippen MR) is 105 cm³/mol. The van der Waals surface area contributed by atoms with Gasteiger partial charge in [0.1, 0.15) is 41.7 Å². The number of rotatable bonds is 6. The number of nitrogens with one attached hydrogen (secondary N) is 1. The molecular formula is C22H25F2NO5. The molecule has 0 spiro atoms. The van der Waals surface area contributed by atoms with Crippen molar-refractivity contribution in [2.24, 2.45) is 0 Å². The van der Waals surface area contributed by atoms with Crippen LogP contribution in [-0.2, 0) is 12.8 Å². The van der Waals surface area contributed by atoms with Crippen LogP contribution in [0.15, 0.2) is 30.3 Å². The molecule has 0 aliphatic carbocycles.